The summed E-state index contributed by atoms with van der Waals surface area (Å²) in [6.07, 6.45) is 6.83. The van der Waals surface area contributed by atoms with Gasteiger partial charge in [0.25, 0.3) is 0 Å². The highest BCUT2D eigenvalue weighted by Crippen LogP contribution is 2.39. The molecule has 1 aliphatic rings. The second-order valence-corrected chi connectivity index (χ2v) is 10.9. The van der Waals surface area contributed by atoms with Gasteiger partial charge in [-0.2, -0.15) is 0 Å². The van der Waals surface area contributed by atoms with Crippen molar-refractivity contribution in [1.82, 2.24) is 0 Å². The van der Waals surface area contributed by atoms with Gasteiger partial charge in [-0.05, 0) is 83.9 Å². The Morgan fingerprint density at radius 2 is 1.15 bits per heavy atom. The summed E-state index contributed by atoms with van der Waals surface area (Å²) in [5, 5.41) is 4.35. The maximum atomic E-state index is 2.43. The lowest BCUT2D eigenvalue weighted by Gasteiger charge is -2.25. The Balaban J connectivity index is 1.58. The van der Waals surface area contributed by atoms with Gasteiger partial charge in [-0.1, -0.05) is 115 Å². The van der Waals surface area contributed by atoms with E-state index in [0.717, 1.165) is 12.8 Å². The lowest BCUT2D eigenvalue weighted by atomic mass is 10.0. The Labute approximate surface area is 199 Å². The fraction of sp³-hybridized carbons (Fsp3) is 0.125. The molecule has 33 heavy (non-hydrogen) atoms. The molecule has 1 heteroatoms. The highest BCUT2D eigenvalue weighted by molar-refractivity contribution is 7.80. The minimum atomic E-state index is -0.651. The number of benzene rings is 4. The van der Waals surface area contributed by atoms with Gasteiger partial charge in [0.05, 0.1) is 0 Å². The van der Waals surface area contributed by atoms with Crippen LogP contribution in [0.5, 0.6) is 0 Å². The summed E-state index contributed by atoms with van der Waals surface area (Å²) in [5.41, 5.74) is 8.36. The van der Waals surface area contributed by atoms with E-state index in [0.29, 0.717) is 0 Å². The zero-order valence-electron chi connectivity index (χ0n) is 19.3. The summed E-state index contributed by atoms with van der Waals surface area (Å²) >= 11 is 0. The number of rotatable bonds is 6. The molecule has 1 aliphatic carbocycles. The Morgan fingerprint density at radius 1 is 0.606 bits per heavy atom. The van der Waals surface area contributed by atoms with Crippen LogP contribution in [0.15, 0.2) is 121 Å². The summed E-state index contributed by atoms with van der Waals surface area (Å²) in [6.45, 7) is 4.50. The van der Waals surface area contributed by atoms with E-state index in [-0.39, 0.29) is 0 Å². The van der Waals surface area contributed by atoms with Crippen LogP contribution < -0.4 is 15.9 Å². The van der Waals surface area contributed by atoms with Crippen molar-refractivity contribution >= 4 is 29.4 Å². The van der Waals surface area contributed by atoms with Crippen LogP contribution in [0.2, 0.25) is 0 Å². The average molecular weight is 445 g/mol. The molecule has 0 nitrogen and oxygen atoms in total. The van der Waals surface area contributed by atoms with Gasteiger partial charge in [-0.25, -0.2) is 0 Å². The quantitative estimate of drug-likeness (QED) is 0.280. The molecule has 0 heterocycles. The van der Waals surface area contributed by atoms with Crippen molar-refractivity contribution in [2.45, 2.75) is 26.7 Å². The molecular formula is C32H29P. The van der Waals surface area contributed by atoms with E-state index < -0.39 is 7.92 Å². The monoisotopic (exact) mass is 444 g/mol. The first-order valence-corrected chi connectivity index (χ1v) is 13.0. The van der Waals surface area contributed by atoms with Crippen LogP contribution in [-0.4, -0.2) is 0 Å². The molecule has 4 aromatic carbocycles. The Hall–Kier alpha value is -3.21. The molecule has 0 aromatic heterocycles. The standard InChI is InChI=1S/C32H29P/c1-24-12-6-9-17-30(24)33(31-18-10-7-13-25(31)2)32-19-11-8-16-29(32)28-21-20-27(23-28)22-26-14-4-3-5-15-26/h3-20,23H,21-22H2,1-2H3. The van der Waals surface area contributed by atoms with E-state index in [1.54, 1.807) is 0 Å². The van der Waals surface area contributed by atoms with E-state index in [4.69, 9.17) is 0 Å². The van der Waals surface area contributed by atoms with Crippen molar-refractivity contribution in [1.29, 1.82) is 0 Å². The first-order chi connectivity index (χ1) is 16.2. The third-order valence-corrected chi connectivity index (χ3v) is 9.24. The summed E-state index contributed by atoms with van der Waals surface area (Å²) in [7, 11) is -0.651. The minimum absolute atomic E-state index is 0.651. The van der Waals surface area contributed by atoms with E-state index in [1.807, 2.05) is 0 Å². The van der Waals surface area contributed by atoms with Crippen molar-refractivity contribution < 1.29 is 0 Å². The van der Waals surface area contributed by atoms with Gasteiger partial charge in [0.15, 0.2) is 0 Å². The third kappa shape index (κ3) is 4.63. The molecule has 4 aromatic rings. The zero-order valence-corrected chi connectivity index (χ0v) is 20.2. The number of aryl methyl sites for hydroxylation is 2. The van der Waals surface area contributed by atoms with Crippen LogP contribution in [0.25, 0.3) is 5.57 Å². The lowest BCUT2D eigenvalue weighted by molar-refractivity contribution is 1.20. The molecule has 0 unspecified atom stereocenters. The molecule has 0 spiro atoms. The first kappa shape index (κ1) is 21.6. The zero-order chi connectivity index (χ0) is 22.6. The molecule has 5 rings (SSSR count). The smallest absolute Gasteiger partial charge is 0.00287 e. The predicted octanol–water partition coefficient (Wildman–Crippen LogP) is 7.02. The fourth-order valence-electron chi connectivity index (χ4n) is 4.68. The van der Waals surface area contributed by atoms with Gasteiger partial charge in [0.1, 0.15) is 0 Å². The second-order valence-electron chi connectivity index (χ2n) is 8.74. The topological polar surface area (TPSA) is 0 Å². The number of allylic oxidation sites excluding steroid dienone is 4. The Bertz CT molecular complexity index is 1280. The second kappa shape index (κ2) is 9.74. The third-order valence-electron chi connectivity index (χ3n) is 6.40. The van der Waals surface area contributed by atoms with Crippen molar-refractivity contribution in [3.05, 3.63) is 143 Å². The van der Waals surface area contributed by atoms with Crippen molar-refractivity contribution in [3.63, 3.8) is 0 Å². The number of hydrogen-bond acceptors (Lipinski definition) is 0. The van der Waals surface area contributed by atoms with E-state index in [2.05, 4.69) is 129 Å². The predicted molar refractivity (Wildman–Crippen MR) is 145 cm³/mol. The van der Waals surface area contributed by atoms with Gasteiger partial charge < -0.3 is 0 Å². The molecular weight excluding hydrogens is 415 g/mol. The van der Waals surface area contributed by atoms with Gasteiger partial charge in [0.2, 0.25) is 0 Å². The summed E-state index contributed by atoms with van der Waals surface area (Å²) in [6, 6.07) is 37.7. The van der Waals surface area contributed by atoms with Gasteiger partial charge in [-0.3, -0.25) is 0 Å². The molecule has 0 fully saturated rings. The Kier molecular flexibility index (Phi) is 6.38. The average Bonchev–Trinajstić information content (AvgIpc) is 3.31. The summed E-state index contributed by atoms with van der Waals surface area (Å²) in [5.74, 6) is 0. The van der Waals surface area contributed by atoms with Crippen molar-refractivity contribution in [2.75, 3.05) is 0 Å². The van der Waals surface area contributed by atoms with Crippen LogP contribution in [-0.2, 0) is 6.42 Å². The van der Waals surface area contributed by atoms with Crippen molar-refractivity contribution in [3.8, 4) is 0 Å². The van der Waals surface area contributed by atoms with Gasteiger partial charge in [0, 0.05) is 0 Å². The number of hydrogen-bond donors (Lipinski definition) is 0. The van der Waals surface area contributed by atoms with Gasteiger partial charge >= 0.3 is 0 Å². The van der Waals surface area contributed by atoms with Crippen LogP contribution >= 0.6 is 7.92 Å². The normalized spacial score (nSPS) is 13.2. The minimum Gasteiger partial charge on any atom is -0.0765 e. The highest BCUT2D eigenvalue weighted by Gasteiger charge is 2.24. The summed E-state index contributed by atoms with van der Waals surface area (Å²) in [4.78, 5) is 0. The molecule has 0 atom stereocenters. The highest BCUT2D eigenvalue weighted by atomic mass is 31.1. The molecule has 0 radical (unpaired) electrons. The molecule has 0 saturated carbocycles. The SMILES string of the molecule is Cc1ccccc1P(c1ccccc1C)c1ccccc1C1=CC(Cc2ccccc2)=CC1. The largest absolute Gasteiger partial charge is 0.0765 e. The lowest BCUT2D eigenvalue weighted by Crippen LogP contribution is -2.26. The van der Waals surface area contributed by atoms with E-state index >= 15 is 0 Å². The maximum absolute atomic E-state index is 2.43. The van der Waals surface area contributed by atoms with E-state index in [1.165, 1.54) is 49.3 Å². The maximum Gasteiger partial charge on any atom is -0.00287 e. The fourth-order valence-corrected chi connectivity index (χ4v) is 7.48. The molecule has 162 valence electrons. The molecule has 0 N–H and O–H groups in total. The first-order valence-electron chi connectivity index (χ1n) is 11.6. The molecule has 0 saturated heterocycles. The van der Waals surface area contributed by atoms with Crippen LogP contribution in [0.1, 0.15) is 28.7 Å². The van der Waals surface area contributed by atoms with Crippen molar-refractivity contribution in [2.24, 2.45) is 0 Å². The molecule has 0 bridgehead atoms. The van der Waals surface area contributed by atoms with Gasteiger partial charge in [-0.15, -0.1) is 0 Å². The molecule has 0 amide bonds. The van der Waals surface area contributed by atoms with Crippen LogP contribution in [0.4, 0.5) is 0 Å². The van der Waals surface area contributed by atoms with Crippen LogP contribution in [0.3, 0.4) is 0 Å². The van der Waals surface area contributed by atoms with Crippen LogP contribution in [0, 0.1) is 13.8 Å². The Morgan fingerprint density at radius 3 is 1.79 bits per heavy atom. The van der Waals surface area contributed by atoms with E-state index in [9.17, 15) is 0 Å². The molecule has 0 aliphatic heterocycles. The summed E-state index contributed by atoms with van der Waals surface area (Å²) < 4.78 is 0.